The molecule has 0 atom stereocenters. The fourth-order valence-electron chi connectivity index (χ4n) is 2.55. The molecule has 0 radical (unpaired) electrons. The predicted octanol–water partition coefficient (Wildman–Crippen LogP) is 3.16. The smallest absolute Gasteiger partial charge is 0.410 e. The van der Waals surface area contributed by atoms with Gasteiger partial charge in [0.25, 0.3) is 0 Å². The molecular weight excluding hydrogens is 332 g/mol. The second-order valence-electron chi connectivity index (χ2n) is 6.99. The van der Waals surface area contributed by atoms with E-state index in [-0.39, 0.29) is 18.2 Å². The number of ether oxygens (including phenoxy) is 2. The van der Waals surface area contributed by atoms with Gasteiger partial charge in [-0.2, -0.15) is 10.1 Å². The second-order valence-corrected chi connectivity index (χ2v) is 7.37. The summed E-state index contributed by atoms with van der Waals surface area (Å²) in [6.45, 7) is 5.56. The maximum atomic E-state index is 12.1. The van der Waals surface area contributed by atoms with Crippen molar-refractivity contribution in [3.63, 3.8) is 0 Å². The van der Waals surface area contributed by atoms with Crippen LogP contribution >= 0.6 is 11.6 Å². The van der Waals surface area contributed by atoms with E-state index in [0.29, 0.717) is 11.0 Å². The molecule has 24 heavy (non-hydrogen) atoms. The third-order valence-corrected chi connectivity index (χ3v) is 4.09. The molecule has 0 saturated heterocycles. The largest absolute Gasteiger partial charge is 0.473 e. The van der Waals surface area contributed by atoms with Crippen LogP contribution in [0.15, 0.2) is 18.5 Å². The summed E-state index contributed by atoms with van der Waals surface area (Å²) in [6, 6.07) is 1.92. The van der Waals surface area contributed by atoms with Crippen LogP contribution in [0.5, 0.6) is 5.88 Å². The lowest BCUT2D eigenvalue weighted by atomic mass is 9.88. The normalized spacial score (nSPS) is 20.5. The Morgan fingerprint density at radius 3 is 2.79 bits per heavy atom. The van der Waals surface area contributed by atoms with Crippen molar-refractivity contribution in [2.24, 2.45) is 0 Å². The Labute approximate surface area is 145 Å². The Morgan fingerprint density at radius 2 is 2.12 bits per heavy atom. The maximum Gasteiger partial charge on any atom is 0.410 e. The molecule has 2 aromatic heterocycles. The van der Waals surface area contributed by atoms with Crippen molar-refractivity contribution in [2.45, 2.75) is 51.4 Å². The predicted molar refractivity (Wildman–Crippen MR) is 89.4 cm³/mol. The van der Waals surface area contributed by atoms with E-state index in [0.717, 1.165) is 18.4 Å². The molecule has 3 rings (SSSR count). The highest BCUT2D eigenvalue weighted by molar-refractivity contribution is 6.29. The van der Waals surface area contributed by atoms with Crippen LogP contribution in [0, 0.1) is 0 Å². The number of carbonyl (C=O) groups is 1. The minimum absolute atomic E-state index is 0.00967. The van der Waals surface area contributed by atoms with Gasteiger partial charge in [-0.3, -0.25) is 0 Å². The second kappa shape index (κ2) is 6.12. The van der Waals surface area contributed by atoms with Crippen LogP contribution < -0.4 is 4.74 Å². The number of aromatic nitrogens is 3. The third kappa shape index (κ3) is 3.56. The first-order valence-electron chi connectivity index (χ1n) is 7.85. The van der Waals surface area contributed by atoms with Crippen molar-refractivity contribution in [3.8, 4) is 5.88 Å². The average molecular weight is 353 g/mol. The van der Waals surface area contributed by atoms with Crippen LogP contribution in [0.25, 0.3) is 5.52 Å². The number of halogens is 1. The van der Waals surface area contributed by atoms with E-state index < -0.39 is 5.60 Å². The standard InChI is InChI=1S/C16H21ClN4O3/c1-16(2,3)24-15(22)20(4)10-7-11(8-10)23-14-12-5-6-18-21(12)9-13(17)19-14/h5-6,9-11H,7-8H2,1-4H3. The van der Waals surface area contributed by atoms with Gasteiger partial charge >= 0.3 is 6.09 Å². The summed E-state index contributed by atoms with van der Waals surface area (Å²) in [6.07, 6.45) is 4.42. The van der Waals surface area contributed by atoms with Crippen LogP contribution in [0.1, 0.15) is 33.6 Å². The van der Waals surface area contributed by atoms with Gasteiger partial charge in [-0.15, -0.1) is 0 Å². The zero-order chi connectivity index (χ0) is 17.5. The fraction of sp³-hybridized carbons (Fsp3) is 0.562. The van der Waals surface area contributed by atoms with Crippen LogP contribution in [0.4, 0.5) is 4.79 Å². The number of nitrogens with zero attached hydrogens (tertiary/aromatic N) is 4. The van der Waals surface area contributed by atoms with Crippen molar-refractivity contribution in [2.75, 3.05) is 7.05 Å². The third-order valence-electron chi connectivity index (χ3n) is 3.90. The molecule has 0 aromatic carbocycles. The van der Waals surface area contributed by atoms with Crippen molar-refractivity contribution in [1.82, 2.24) is 19.5 Å². The van der Waals surface area contributed by atoms with E-state index >= 15 is 0 Å². The first-order chi connectivity index (χ1) is 11.2. The van der Waals surface area contributed by atoms with Crippen molar-refractivity contribution >= 4 is 23.2 Å². The van der Waals surface area contributed by atoms with E-state index in [1.165, 1.54) is 0 Å². The molecular formula is C16H21ClN4O3. The maximum absolute atomic E-state index is 12.1. The van der Waals surface area contributed by atoms with E-state index in [1.807, 2.05) is 26.8 Å². The summed E-state index contributed by atoms with van der Waals surface area (Å²) < 4.78 is 12.9. The van der Waals surface area contributed by atoms with Gasteiger partial charge in [-0.25, -0.2) is 9.31 Å². The summed E-state index contributed by atoms with van der Waals surface area (Å²) in [5, 5.41) is 4.46. The molecule has 0 aliphatic heterocycles. The zero-order valence-corrected chi connectivity index (χ0v) is 14.9. The van der Waals surface area contributed by atoms with Crippen LogP contribution in [-0.2, 0) is 4.74 Å². The van der Waals surface area contributed by atoms with Gasteiger partial charge in [0.15, 0.2) is 5.15 Å². The van der Waals surface area contributed by atoms with Gasteiger partial charge in [-0.05, 0) is 26.8 Å². The summed E-state index contributed by atoms with van der Waals surface area (Å²) in [7, 11) is 1.75. The number of rotatable bonds is 3. The molecule has 2 heterocycles. The van der Waals surface area contributed by atoms with Crippen LogP contribution in [-0.4, -0.2) is 50.4 Å². The lowest BCUT2D eigenvalue weighted by Gasteiger charge is -2.40. The van der Waals surface area contributed by atoms with Crippen LogP contribution in [0.2, 0.25) is 5.15 Å². The first-order valence-corrected chi connectivity index (χ1v) is 8.23. The number of hydrogen-bond donors (Lipinski definition) is 0. The van der Waals surface area contributed by atoms with Crippen molar-refractivity contribution in [3.05, 3.63) is 23.6 Å². The highest BCUT2D eigenvalue weighted by Gasteiger charge is 2.37. The Bertz CT molecular complexity index is 749. The topological polar surface area (TPSA) is 69.0 Å². The van der Waals surface area contributed by atoms with Crippen molar-refractivity contribution < 1.29 is 14.3 Å². The Morgan fingerprint density at radius 1 is 1.42 bits per heavy atom. The van der Waals surface area contributed by atoms with Gasteiger partial charge in [-0.1, -0.05) is 11.6 Å². The number of amides is 1. The van der Waals surface area contributed by atoms with Crippen LogP contribution in [0.3, 0.4) is 0 Å². The highest BCUT2D eigenvalue weighted by Crippen LogP contribution is 2.31. The summed E-state index contributed by atoms with van der Waals surface area (Å²) >= 11 is 5.99. The van der Waals surface area contributed by atoms with E-state index in [2.05, 4.69) is 10.1 Å². The van der Waals surface area contributed by atoms with Gasteiger partial charge in [0.05, 0.1) is 12.4 Å². The molecule has 1 amide bonds. The molecule has 2 aromatic rings. The zero-order valence-electron chi connectivity index (χ0n) is 14.2. The first kappa shape index (κ1) is 16.8. The Kier molecular flexibility index (Phi) is 4.29. The Balaban J connectivity index is 1.59. The molecule has 1 aliphatic carbocycles. The molecule has 0 N–H and O–H groups in total. The highest BCUT2D eigenvalue weighted by atomic mass is 35.5. The minimum atomic E-state index is -0.497. The van der Waals surface area contributed by atoms with E-state index in [4.69, 9.17) is 21.1 Å². The lowest BCUT2D eigenvalue weighted by molar-refractivity contribution is -0.00938. The quantitative estimate of drug-likeness (QED) is 0.848. The summed E-state index contributed by atoms with van der Waals surface area (Å²) in [4.78, 5) is 17.9. The number of fused-ring (bicyclic) bond motifs is 1. The summed E-state index contributed by atoms with van der Waals surface area (Å²) in [5.41, 5.74) is 0.270. The van der Waals surface area contributed by atoms with Gasteiger partial charge in [0, 0.05) is 25.9 Å². The molecule has 1 fully saturated rings. The lowest BCUT2D eigenvalue weighted by Crippen LogP contribution is -2.51. The van der Waals surface area contributed by atoms with Gasteiger partial charge in [0.1, 0.15) is 17.2 Å². The number of carbonyl (C=O) groups excluding carboxylic acids is 1. The molecule has 8 heteroatoms. The SMILES string of the molecule is CN(C(=O)OC(C)(C)C)C1CC(Oc2nc(Cl)cn3nccc23)C1. The van der Waals surface area contributed by atoms with E-state index in [1.54, 1.807) is 28.9 Å². The molecule has 1 saturated carbocycles. The number of hydrogen-bond acceptors (Lipinski definition) is 5. The Hall–Kier alpha value is -2.02. The monoisotopic (exact) mass is 352 g/mol. The minimum Gasteiger partial charge on any atom is -0.473 e. The van der Waals surface area contributed by atoms with Gasteiger partial charge < -0.3 is 14.4 Å². The molecule has 0 unspecified atom stereocenters. The fourth-order valence-corrected chi connectivity index (χ4v) is 2.72. The molecule has 0 bridgehead atoms. The molecule has 1 aliphatic rings. The summed E-state index contributed by atoms with van der Waals surface area (Å²) in [5.74, 6) is 0.461. The van der Waals surface area contributed by atoms with Gasteiger partial charge in [0.2, 0.25) is 5.88 Å². The molecule has 7 nitrogen and oxygen atoms in total. The molecule has 130 valence electrons. The van der Waals surface area contributed by atoms with E-state index in [9.17, 15) is 4.79 Å². The average Bonchev–Trinajstić information content (AvgIpc) is 2.87. The van der Waals surface area contributed by atoms with Crippen molar-refractivity contribution in [1.29, 1.82) is 0 Å². The molecule has 0 spiro atoms.